The first-order chi connectivity index (χ1) is 6.24. The van der Waals surface area contributed by atoms with Crippen molar-refractivity contribution in [1.82, 2.24) is 4.90 Å². The molecule has 0 atom stereocenters. The van der Waals surface area contributed by atoms with E-state index in [1.54, 1.807) is 0 Å². The van der Waals surface area contributed by atoms with E-state index in [2.05, 4.69) is 4.90 Å². The molecule has 1 aliphatic rings. The van der Waals surface area contributed by atoms with Crippen molar-refractivity contribution in [2.75, 3.05) is 26.2 Å². The zero-order valence-corrected chi connectivity index (χ0v) is 10.5. The number of piperidine rings is 1. The molecule has 0 aromatic rings. The van der Waals surface area contributed by atoms with Crippen LogP contribution in [0, 0.1) is 5.92 Å². The molecule has 0 saturated carbocycles. The second-order valence-electron chi connectivity index (χ2n) is 3.66. The third-order valence-corrected chi connectivity index (χ3v) is 2.67. The SMILES string of the molecule is Cl.Cl.NCCCN1CCC(C(N)=O)CC1. The number of nitrogens with two attached hydrogens (primary N) is 2. The first-order valence-electron chi connectivity index (χ1n) is 4.95. The number of hydrogen-bond donors (Lipinski definition) is 2. The predicted octanol–water partition coefficient (Wildman–Crippen LogP) is 0.376. The second kappa shape index (κ2) is 9.21. The number of nitrogens with zero attached hydrogens (tertiary/aromatic N) is 1. The molecule has 15 heavy (non-hydrogen) atoms. The lowest BCUT2D eigenvalue weighted by atomic mass is 9.96. The molecule has 4 nitrogen and oxygen atoms in total. The maximum absolute atomic E-state index is 10.9. The van der Waals surface area contributed by atoms with Crippen molar-refractivity contribution >= 4 is 30.7 Å². The van der Waals surface area contributed by atoms with E-state index in [-0.39, 0.29) is 36.6 Å². The van der Waals surface area contributed by atoms with Crippen LogP contribution < -0.4 is 11.5 Å². The Kier molecular flexibility index (Phi) is 10.7. The monoisotopic (exact) mass is 257 g/mol. The average molecular weight is 258 g/mol. The van der Waals surface area contributed by atoms with Gasteiger partial charge in [0.15, 0.2) is 0 Å². The minimum Gasteiger partial charge on any atom is -0.369 e. The van der Waals surface area contributed by atoms with E-state index in [1.165, 1.54) is 0 Å². The van der Waals surface area contributed by atoms with Crippen molar-refractivity contribution in [3.8, 4) is 0 Å². The van der Waals surface area contributed by atoms with Gasteiger partial charge >= 0.3 is 0 Å². The molecule has 0 spiro atoms. The summed E-state index contributed by atoms with van der Waals surface area (Å²) in [5, 5.41) is 0. The molecule has 1 aliphatic heterocycles. The Balaban J connectivity index is 0. The van der Waals surface area contributed by atoms with Crippen molar-refractivity contribution in [3.63, 3.8) is 0 Å². The van der Waals surface area contributed by atoms with Gasteiger partial charge in [0.2, 0.25) is 5.91 Å². The largest absolute Gasteiger partial charge is 0.369 e. The molecule has 0 unspecified atom stereocenters. The molecule has 1 fully saturated rings. The second-order valence-corrected chi connectivity index (χ2v) is 3.66. The lowest BCUT2D eigenvalue weighted by Crippen LogP contribution is -2.39. The van der Waals surface area contributed by atoms with Gasteiger partial charge in [-0.25, -0.2) is 0 Å². The Hall–Kier alpha value is -0.0300. The fourth-order valence-corrected chi connectivity index (χ4v) is 1.76. The van der Waals surface area contributed by atoms with E-state index in [9.17, 15) is 4.79 Å². The summed E-state index contributed by atoms with van der Waals surface area (Å²) in [6.07, 6.45) is 2.88. The number of amides is 1. The molecule has 4 N–H and O–H groups in total. The van der Waals surface area contributed by atoms with Crippen LogP contribution in [0.3, 0.4) is 0 Å². The molecule has 6 heteroatoms. The highest BCUT2D eigenvalue weighted by atomic mass is 35.5. The van der Waals surface area contributed by atoms with E-state index >= 15 is 0 Å². The third-order valence-electron chi connectivity index (χ3n) is 2.67. The quantitative estimate of drug-likeness (QED) is 0.765. The molecule has 1 amide bonds. The zero-order chi connectivity index (χ0) is 9.68. The van der Waals surface area contributed by atoms with Crippen LogP contribution in [0.1, 0.15) is 19.3 Å². The van der Waals surface area contributed by atoms with Gasteiger partial charge in [0, 0.05) is 5.92 Å². The lowest BCUT2D eigenvalue weighted by Gasteiger charge is -2.30. The van der Waals surface area contributed by atoms with E-state index < -0.39 is 0 Å². The van der Waals surface area contributed by atoms with Crippen LogP contribution in [-0.2, 0) is 4.79 Å². The smallest absolute Gasteiger partial charge is 0.220 e. The molecule has 92 valence electrons. The normalized spacial score (nSPS) is 17.7. The van der Waals surface area contributed by atoms with Gasteiger partial charge in [-0.15, -0.1) is 24.8 Å². The Bertz CT molecular complexity index is 173. The van der Waals surface area contributed by atoms with Crippen molar-refractivity contribution < 1.29 is 4.79 Å². The number of carbonyl (C=O) groups excluding carboxylic acids is 1. The van der Waals surface area contributed by atoms with Gasteiger partial charge in [-0.1, -0.05) is 0 Å². The number of rotatable bonds is 4. The van der Waals surface area contributed by atoms with Crippen LogP contribution in [0.2, 0.25) is 0 Å². The molecule has 0 aromatic carbocycles. The van der Waals surface area contributed by atoms with Crippen LogP contribution in [0.15, 0.2) is 0 Å². The minimum absolute atomic E-state index is 0. The van der Waals surface area contributed by atoms with Crippen molar-refractivity contribution in [1.29, 1.82) is 0 Å². The fourth-order valence-electron chi connectivity index (χ4n) is 1.76. The van der Waals surface area contributed by atoms with Crippen LogP contribution in [0.25, 0.3) is 0 Å². The maximum Gasteiger partial charge on any atom is 0.220 e. The number of hydrogen-bond acceptors (Lipinski definition) is 3. The van der Waals surface area contributed by atoms with Gasteiger partial charge in [-0.05, 0) is 45.4 Å². The molecule has 1 heterocycles. The summed E-state index contributed by atoms with van der Waals surface area (Å²) in [5.41, 5.74) is 10.7. The summed E-state index contributed by atoms with van der Waals surface area (Å²) in [4.78, 5) is 13.2. The predicted molar refractivity (Wildman–Crippen MR) is 66.5 cm³/mol. The van der Waals surface area contributed by atoms with Gasteiger partial charge in [-0.2, -0.15) is 0 Å². The third kappa shape index (κ3) is 6.20. The molecule has 1 saturated heterocycles. The first-order valence-corrected chi connectivity index (χ1v) is 4.95. The highest BCUT2D eigenvalue weighted by Gasteiger charge is 2.22. The molecule has 0 bridgehead atoms. The van der Waals surface area contributed by atoms with Gasteiger partial charge in [-0.3, -0.25) is 4.79 Å². The van der Waals surface area contributed by atoms with E-state index in [0.717, 1.165) is 45.4 Å². The highest BCUT2D eigenvalue weighted by molar-refractivity contribution is 5.85. The summed E-state index contributed by atoms with van der Waals surface area (Å²) in [6, 6.07) is 0. The van der Waals surface area contributed by atoms with Gasteiger partial charge in [0.05, 0.1) is 0 Å². The molecular weight excluding hydrogens is 237 g/mol. The van der Waals surface area contributed by atoms with Crippen LogP contribution in [-0.4, -0.2) is 37.0 Å². The molecular formula is C9H21Cl2N3O. The van der Waals surface area contributed by atoms with Gasteiger partial charge in [0.25, 0.3) is 0 Å². The molecule has 1 rings (SSSR count). The number of primary amides is 1. The maximum atomic E-state index is 10.9. The summed E-state index contributed by atoms with van der Waals surface area (Å²) in [7, 11) is 0. The van der Waals surface area contributed by atoms with Crippen molar-refractivity contribution in [2.45, 2.75) is 19.3 Å². The van der Waals surface area contributed by atoms with Gasteiger partial charge in [0.1, 0.15) is 0 Å². The molecule has 0 aliphatic carbocycles. The summed E-state index contributed by atoms with van der Waals surface area (Å²) >= 11 is 0. The summed E-state index contributed by atoms with van der Waals surface area (Å²) in [5.74, 6) is -0.0346. The standard InChI is InChI=1S/C9H19N3O.2ClH/c10-4-1-5-12-6-2-8(3-7-12)9(11)13;;/h8H,1-7,10H2,(H2,11,13);2*1H. The van der Waals surface area contributed by atoms with Crippen LogP contribution in [0.4, 0.5) is 0 Å². The summed E-state index contributed by atoms with van der Waals surface area (Å²) < 4.78 is 0. The van der Waals surface area contributed by atoms with E-state index in [1.807, 2.05) is 0 Å². The fraction of sp³-hybridized carbons (Fsp3) is 0.889. The Morgan fingerprint density at radius 2 is 1.80 bits per heavy atom. The number of likely N-dealkylation sites (tertiary alicyclic amines) is 1. The van der Waals surface area contributed by atoms with Crippen LogP contribution >= 0.6 is 24.8 Å². The van der Waals surface area contributed by atoms with Crippen LogP contribution in [0.5, 0.6) is 0 Å². The average Bonchev–Trinajstić information content (AvgIpc) is 2.15. The Labute approximate surface area is 104 Å². The van der Waals surface area contributed by atoms with Gasteiger partial charge < -0.3 is 16.4 Å². The highest BCUT2D eigenvalue weighted by Crippen LogP contribution is 2.16. The zero-order valence-electron chi connectivity index (χ0n) is 8.85. The van der Waals surface area contributed by atoms with Crippen molar-refractivity contribution in [2.24, 2.45) is 17.4 Å². The first kappa shape index (κ1) is 17.4. The molecule has 0 radical (unpaired) electrons. The van der Waals surface area contributed by atoms with E-state index in [4.69, 9.17) is 11.5 Å². The summed E-state index contributed by atoms with van der Waals surface area (Å²) in [6.45, 7) is 3.79. The Morgan fingerprint density at radius 3 is 2.20 bits per heavy atom. The number of carbonyl (C=O) groups is 1. The minimum atomic E-state index is -0.140. The number of halogens is 2. The molecule has 0 aromatic heterocycles. The van der Waals surface area contributed by atoms with E-state index in [0.29, 0.717) is 0 Å². The Morgan fingerprint density at radius 1 is 1.27 bits per heavy atom. The lowest BCUT2D eigenvalue weighted by molar-refractivity contribution is -0.123. The topological polar surface area (TPSA) is 72.3 Å². The van der Waals surface area contributed by atoms with Crippen molar-refractivity contribution in [3.05, 3.63) is 0 Å².